The number of halogens is 1. The number of aryl methyl sites for hydroxylation is 1. The lowest BCUT2D eigenvalue weighted by Gasteiger charge is -2.26. The van der Waals surface area contributed by atoms with Crippen LogP contribution in [-0.4, -0.2) is 21.9 Å². The topological polar surface area (TPSA) is 75.4 Å². The summed E-state index contributed by atoms with van der Waals surface area (Å²) in [4.78, 5) is 27.2. The van der Waals surface area contributed by atoms with E-state index in [1.807, 2.05) is 52.0 Å². The molecule has 0 unspecified atom stereocenters. The molecule has 0 aliphatic rings. The quantitative estimate of drug-likeness (QED) is 0.522. The lowest BCUT2D eigenvalue weighted by molar-refractivity contribution is -0.134. The second-order valence-corrected chi connectivity index (χ2v) is 9.46. The van der Waals surface area contributed by atoms with Gasteiger partial charge in [-0.05, 0) is 35.6 Å². The van der Waals surface area contributed by atoms with Crippen molar-refractivity contribution in [1.82, 2.24) is 15.4 Å². The van der Waals surface area contributed by atoms with Crippen LogP contribution < -0.4 is 5.32 Å². The van der Waals surface area contributed by atoms with Crippen molar-refractivity contribution in [2.75, 3.05) is 0 Å². The first-order valence-corrected chi connectivity index (χ1v) is 10.9. The van der Waals surface area contributed by atoms with Gasteiger partial charge in [0.05, 0.1) is 6.54 Å². The van der Waals surface area contributed by atoms with Crippen molar-refractivity contribution in [3.8, 4) is 0 Å². The van der Waals surface area contributed by atoms with Gasteiger partial charge in [0.25, 0.3) is 5.91 Å². The molecule has 1 heterocycles. The number of hydrogen-bond donors (Lipinski definition) is 1. The van der Waals surface area contributed by atoms with Gasteiger partial charge >= 0.3 is 0 Å². The Balaban J connectivity index is 1.67. The molecule has 0 spiro atoms. The maximum atomic E-state index is 13.0. The van der Waals surface area contributed by atoms with E-state index in [0.717, 1.165) is 16.7 Å². The van der Waals surface area contributed by atoms with Crippen LogP contribution in [0.15, 0.2) is 59.1 Å². The van der Waals surface area contributed by atoms with Crippen molar-refractivity contribution >= 4 is 11.8 Å². The van der Waals surface area contributed by atoms with E-state index in [9.17, 15) is 14.0 Å². The van der Waals surface area contributed by atoms with Crippen LogP contribution in [0.1, 0.15) is 60.1 Å². The first kappa shape index (κ1) is 24.2. The summed E-state index contributed by atoms with van der Waals surface area (Å²) in [6.45, 7) is 8.96. The van der Waals surface area contributed by atoms with E-state index in [2.05, 4.69) is 10.5 Å². The molecule has 3 rings (SSSR count). The van der Waals surface area contributed by atoms with E-state index >= 15 is 0 Å². The van der Waals surface area contributed by atoms with Gasteiger partial charge in [-0.1, -0.05) is 67.9 Å². The van der Waals surface area contributed by atoms with Gasteiger partial charge < -0.3 is 14.7 Å². The highest BCUT2D eigenvalue weighted by Gasteiger charge is 2.23. The number of rotatable bonds is 8. The van der Waals surface area contributed by atoms with Crippen molar-refractivity contribution in [2.45, 2.75) is 53.8 Å². The summed E-state index contributed by atoms with van der Waals surface area (Å²) in [5.74, 6) is -0.305. The van der Waals surface area contributed by atoms with E-state index in [1.54, 1.807) is 23.1 Å². The van der Waals surface area contributed by atoms with E-state index < -0.39 is 5.91 Å². The van der Waals surface area contributed by atoms with Gasteiger partial charge in [0.1, 0.15) is 5.82 Å². The van der Waals surface area contributed by atoms with Crippen LogP contribution in [0, 0.1) is 18.2 Å². The molecule has 2 amide bonds. The molecule has 0 aliphatic carbocycles. The zero-order valence-electron chi connectivity index (χ0n) is 19.5. The Kier molecular flexibility index (Phi) is 7.63. The van der Waals surface area contributed by atoms with E-state index in [1.165, 1.54) is 12.1 Å². The number of carbonyl (C=O) groups excluding carboxylic acids is 2. The fourth-order valence-corrected chi connectivity index (χ4v) is 3.27. The molecule has 174 valence electrons. The summed E-state index contributed by atoms with van der Waals surface area (Å²) >= 11 is 0. The number of carbonyl (C=O) groups is 2. The van der Waals surface area contributed by atoms with Gasteiger partial charge in [-0.15, -0.1) is 0 Å². The molecule has 0 aliphatic heterocycles. The first-order valence-electron chi connectivity index (χ1n) is 10.9. The molecule has 0 bridgehead atoms. The van der Waals surface area contributed by atoms with Crippen molar-refractivity contribution in [2.24, 2.45) is 5.41 Å². The van der Waals surface area contributed by atoms with Crippen LogP contribution in [0.25, 0.3) is 0 Å². The van der Waals surface area contributed by atoms with Crippen molar-refractivity contribution < 1.29 is 18.5 Å². The third-order valence-corrected chi connectivity index (χ3v) is 5.03. The fourth-order valence-electron chi connectivity index (χ4n) is 3.27. The molecule has 7 heteroatoms. The highest BCUT2D eigenvalue weighted by Crippen LogP contribution is 2.22. The fraction of sp³-hybridized carbons (Fsp3) is 0.346. The summed E-state index contributed by atoms with van der Waals surface area (Å²) in [6.07, 6.45) is 0.387. The summed E-state index contributed by atoms with van der Waals surface area (Å²) in [5.41, 5.74) is 2.91. The molecule has 0 fully saturated rings. The van der Waals surface area contributed by atoms with Crippen LogP contribution in [0.3, 0.4) is 0 Å². The predicted octanol–water partition coefficient (Wildman–Crippen LogP) is 5.02. The standard InChI is InChI=1S/C26H30FN3O3/c1-18-5-7-20(8-6-18)16-30(24(31)14-26(2,3)4)17-22-13-23(29-33-22)25(32)28-15-19-9-11-21(27)12-10-19/h5-13H,14-17H2,1-4H3,(H,28,32). The van der Waals surface area contributed by atoms with Crippen LogP contribution in [0.4, 0.5) is 4.39 Å². The summed E-state index contributed by atoms with van der Waals surface area (Å²) in [6, 6.07) is 15.5. The number of benzene rings is 2. The lowest BCUT2D eigenvalue weighted by Crippen LogP contribution is -2.32. The predicted molar refractivity (Wildman–Crippen MR) is 124 cm³/mol. The zero-order valence-corrected chi connectivity index (χ0v) is 19.5. The monoisotopic (exact) mass is 451 g/mol. The number of nitrogens with zero attached hydrogens (tertiary/aromatic N) is 2. The molecule has 0 atom stereocenters. The van der Waals surface area contributed by atoms with Gasteiger partial charge in [-0.25, -0.2) is 4.39 Å². The Morgan fingerprint density at radius 1 is 1.00 bits per heavy atom. The molecule has 1 aromatic heterocycles. The van der Waals surface area contributed by atoms with Gasteiger partial charge in [-0.2, -0.15) is 0 Å². The normalized spacial score (nSPS) is 11.3. The van der Waals surface area contributed by atoms with E-state index in [4.69, 9.17) is 4.52 Å². The highest BCUT2D eigenvalue weighted by molar-refractivity contribution is 5.92. The molecule has 0 saturated carbocycles. The smallest absolute Gasteiger partial charge is 0.273 e. The average molecular weight is 452 g/mol. The third kappa shape index (κ3) is 7.56. The molecule has 0 saturated heterocycles. The van der Waals surface area contributed by atoms with Gasteiger partial charge in [0.2, 0.25) is 5.91 Å². The number of amides is 2. The van der Waals surface area contributed by atoms with Crippen molar-refractivity contribution in [3.63, 3.8) is 0 Å². The maximum Gasteiger partial charge on any atom is 0.273 e. The summed E-state index contributed by atoms with van der Waals surface area (Å²) < 4.78 is 18.4. The largest absolute Gasteiger partial charge is 0.359 e. The molecule has 0 radical (unpaired) electrons. The van der Waals surface area contributed by atoms with Crippen molar-refractivity contribution in [1.29, 1.82) is 0 Å². The minimum Gasteiger partial charge on any atom is -0.359 e. The molecule has 1 N–H and O–H groups in total. The summed E-state index contributed by atoms with van der Waals surface area (Å²) in [5, 5.41) is 6.60. The average Bonchev–Trinajstić information content (AvgIpc) is 3.22. The second-order valence-electron chi connectivity index (χ2n) is 9.46. The number of hydrogen-bond acceptors (Lipinski definition) is 4. The third-order valence-electron chi connectivity index (χ3n) is 5.03. The van der Waals surface area contributed by atoms with Gasteiger partial charge in [-0.3, -0.25) is 9.59 Å². The number of nitrogens with one attached hydrogen (secondary N) is 1. The number of aromatic nitrogens is 1. The SMILES string of the molecule is Cc1ccc(CN(Cc2cc(C(=O)NCc3ccc(F)cc3)no2)C(=O)CC(C)(C)C)cc1. The van der Waals surface area contributed by atoms with E-state index in [-0.39, 0.29) is 35.9 Å². The van der Waals surface area contributed by atoms with Crippen molar-refractivity contribution in [3.05, 3.63) is 88.6 Å². The zero-order chi connectivity index (χ0) is 24.0. The van der Waals surface area contributed by atoms with Crippen LogP contribution in [0.5, 0.6) is 0 Å². The van der Waals surface area contributed by atoms with Gasteiger partial charge in [0.15, 0.2) is 11.5 Å². The Morgan fingerprint density at radius 2 is 1.64 bits per heavy atom. The molecular formula is C26H30FN3O3. The Morgan fingerprint density at radius 3 is 2.27 bits per heavy atom. The second kappa shape index (κ2) is 10.4. The first-order chi connectivity index (χ1) is 15.6. The van der Waals surface area contributed by atoms with Crippen LogP contribution in [0.2, 0.25) is 0 Å². The molecule has 33 heavy (non-hydrogen) atoms. The van der Waals surface area contributed by atoms with Crippen LogP contribution >= 0.6 is 0 Å². The molecule has 6 nitrogen and oxygen atoms in total. The van der Waals surface area contributed by atoms with Crippen LogP contribution in [-0.2, 0) is 24.4 Å². The molecule has 2 aromatic carbocycles. The highest BCUT2D eigenvalue weighted by atomic mass is 19.1. The Hall–Kier alpha value is -3.48. The molecular weight excluding hydrogens is 421 g/mol. The maximum absolute atomic E-state index is 13.0. The van der Waals surface area contributed by atoms with E-state index in [0.29, 0.717) is 18.7 Å². The Labute approximate surface area is 193 Å². The minimum absolute atomic E-state index is 0.00165. The Bertz CT molecular complexity index is 1080. The summed E-state index contributed by atoms with van der Waals surface area (Å²) in [7, 11) is 0. The minimum atomic E-state index is -0.402. The lowest BCUT2D eigenvalue weighted by atomic mass is 9.91. The molecule has 3 aromatic rings. The van der Waals surface area contributed by atoms with Gasteiger partial charge in [0, 0.05) is 25.6 Å².